The van der Waals surface area contributed by atoms with Crippen LogP contribution < -0.4 is 0 Å². The summed E-state index contributed by atoms with van der Waals surface area (Å²) in [5.74, 6) is 1.95. The number of hydrogen-bond acceptors (Lipinski definition) is 10. The lowest BCUT2D eigenvalue weighted by Crippen LogP contribution is -2.14. The van der Waals surface area contributed by atoms with E-state index in [0.29, 0.717) is 34.6 Å². The van der Waals surface area contributed by atoms with Crippen LogP contribution in [0.4, 0.5) is 0 Å². The Kier molecular flexibility index (Phi) is 17.7. The molecule has 23 aromatic rings. The van der Waals surface area contributed by atoms with Crippen molar-refractivity contribution >= 4 is 88.1 Å². The summed E-state index contributed by atoms with van der Waals surface area (Å²) in [5, 5.41) is 8.11. The Hall–Kier alpha value is -16.0. The SMILES string of the molecule is CC1(C)c2ccccc2-c2ccc(-c3ccc(-c4nc(-c5ccccc5)nc5oc6ccccc6c45)cc3)cc21.c1ccc(-c2cc(-c3ccccc3)cc(-c3nc(-c4ccccc4)nc4oc5ccccc5c34)c2)cc1.c1ccc(-c2nc(-c3ccc(-c4cccc(-c5cccc6c5oc5ccccc56)c4)cc3)c3c(n2)oc2ccccc23)cc1. The van der Waals surface area contributed by atoms with Gasteiger partial charge in [-0.3, -0.25) is 0 Å². The van der Waals surface area contributed by atoms with Gasteiger partial charge in [0.2, 0.25) is 17.1 Å². The second-order valence-corrected chi connectivity index (χ2v) is 31.1. The number of rotatable bonds is 11. The lowest BCUT2D eigenvalue weighted by Gasteiger charge is -2.22. The van der Waals surface area contributed by atoms with Crippen LogP contribution in [-0.4, -0.2) is 29.9 Å². The van der Waals surface area contributed by atoms with Crippen molar-refractivity contribution in [3.05, 3.63) is 412 Å². The van der Waals surface area contributed by atoms with Crippen LogP contribution in [0, 0.1) is 0 Å². The molecule has 0 atom stereocenters. The third-order valence-corrected chi connectivity index (χ3v) is 23.4. The lowest BCUT2D eigenvalue weighted by atomic mass is 9.81. The minimum absolute atomic E-state index is 0.0232. The van der Waals surface area contributed by atoms with Crippen LogP contribution in [0.2, 0.25) is 0 Å². The topological polar surface area (TPSA) is 130 Å². The number of hydrogen-bond donors (Lipinski definition) is 0. The molecule has 0 aliphatic heterocycles. The van der Waals surface area contributed by atoms with Gasteiger partial charge in [-0.25, -0.2) is 15.0 Å². The summed E-state index contributed by atoms with van der Waals surface area (Å²) in [7, 11) is 0. The summed E-state index contributed by atoms with van der Waals surface area (Å²) in [4.78, 5) is 29.8. The standard InChI is InChI=1S/C40H24N2O2.C37H26N2O.C34H22N2O/c1-2-10-27(11-3-1)39-41-37(36-33-15-5-7-19-35(33)44-40(36)42-39)26-22-20-25(21-23-26)28-12-8-13-29(24-28)30-16-9-17-32-31-14-4-6-18-34(31)43-38(30)32;1-37(2)30-14-8-6-12-27(30)28-21-20-26(22-31(28)37)23-16-18-24(19-17-23)34-33-29-13-7-9-15-32(29)40-36(33)39-35(38-34)25-10-4-3-5-11-25;1-4-12-23(13-5-1)26-20-27(24-14-6-2-7-15-24)22-28(21-26)32-31-29-18-10-11-19-30(29)37-34(31)36-33(35-32)25-16-8-3-9-17-25/h1-24H;3-22H,1-2H3;1-22H. The van der Waals surface area contributed by atoms with Gasteiger partial charge in [0, 0.05) is 71.3 Å². The Morgan fingerprint density at radius 1 is 0.190 bits per heavy atom. The van der Waals surface area contributed by atoms with Crippen molar-refractivity contribution in [2.75, 3.05) is 0 Å². The van der Waals surface area contributed by atoms with E-state index in [1.54, 1.807) is 0 Å². The smallest absolute Gasteiger partial charge is 0.231 e. The average molecular weight is 1550 g/mol. The molecule has 7 aromatic heterocycles. The number of aromatic nitrogens is 6. The van der Waals surface area contributed by atoms with Gasteiger partial charge in [-0.2, -0.15) is 15.0 Å². The number of furan rings is 4. The average Bonchev–Trinajstić information content (AvgIpc) is 1.60. The molecule has 7 heterocycles. The lowest BCUT2D eigenvalue weighted by molar-refractivity contribution is 0.653. The summed E-state index contributed by atoms with van der Waals surface area (Å²) >= 11 is 0. The van der Waals surface area contributed by atoms with E-state index < -0.39 is 0 Å². The largest absolute Gasteiger partial charge is 0.455 e. The van der Waals surface area contributed by atoms with E-state index in [4.69, 9.17) is 47.6 Å². The molecule has 24 rings (SSSR count). The molecular weight excluding hydrogens is 1480 g/mol. The highest BCUT2D eigenvalue weighted by Crippen LogP contribution is 2.51. The zero-order chi connectivity index (χ0) is 80.5. The van der Waals surface area contributed by atoms with Crippen molar-refractivity contribution in [3.8, 4) is 135 Å². The van der Waals surface area contributed by atoms with E-state index in [1.165, 1.54) is 33.4 Å². The van der Waals surface area contributed by atoms with E-state index in [2.05, 4.69) is 244 Å². The Balaban J connectivity index is 0.000000109. The predicted molar refractivity (Wildman–Crippen MR) is 493 cm³/mol. The van der Waals surface area contributed by atoms with Crippen LogP contribution >= 0.6 is 0 Å². The van der Waals surface area contributed by atoms with Gasteiger partial charge in [-0.05, 0) is 127 Å². The predicted octanol–water partition coefficient (Wildman–Crippen LogP) is 29.7. The Morgan fingerprint density at radius 3 is 0.967 bits per heavy atom. The summed E-state index contributed by atoms with van der Waals surface area (Å²) < 4.78 is 25.0. The van der Waals surface area contributed by atoms with E-state index >= 15 is 0 Å². The van der Waals surface area contributed by atoms with Crippen molar-refractivity contribution in [2.24, 2.45) is 0 Å². The Morgan fingerprint density at radius 2 is 0.496 bits per heavy atom. The fraction of sp³-hybridized carbons (Fsp3) is 0.0270. The molecule has 121 heavy (non-hydrogen) atoms. The first-order valence-electron chi connectivity index (χ1n) is 40.7. The summed E-state index contributed by atoms with van der Waals surface area (Å²) in [6.07, 6.45) is 0. The quantitative estimate of drug-likeness (QED) is 0.123. The fourth-order valence-electron chi connectivity index (χ4n) is 17.4. The number of nitrogens with zero attached hydrogens (tertiary/aromatic N) is 6. The van der Waals surface area contributed by atoms with E-state index in [-0.39, 0.29) is 5.41 Å². The van der Waals surface area contributed by atoms with Crippen LogP contribution in [0.5, 0.6) is 0 Å². The maximum absolute atomic E-state index is 6.33. The van der Waals surface area contributed by atoms with Gasteiger partial charge in [0.25, 0.3) is 0 Å². The molecule has 0 N–H and O–H groups in total. The summed E-state index contributed by atoms with van der Waals surface area (Å²) in [6.45, 7) is 4.65. The monoisotopic (exact) mass is 1550 g/mol. The molecule has 16 aromatic carbocycles. The van der Waals surface area contributed by atoms with Gasteiger partial charge in [0.05, 0.1) is 33.2 Å². The first kappa shape index (κ1) is 71.5. The van der Waals surface area contributed by atoms with E-state index in [1.807, 2.05) is 170 Å². The Labute approximate surface area is 696 Å². The molecule has 0 bridgehead atoms. The third-order valence-electron chi connectivity index (χ3n) is 23.4. The molecule has 1 aliphatic rings. The minimum Gasteiger partial charge on any atom is -0.455 e. The second kappa shape index (κ2) is 29.9. The van der Waals surface area contributed by atoms with E-state index in [0.717, 1.165) is 166 Å². The molecule has 0 saturated heterocycles. The van der Waals surface area contributed by atoms with Gasteiger partial charge in [0.15, 0.2) is 17.5 Å². The van der Waals surface area contributed by atoms with Crippen molar-refractivity contribution in [2.45, 2.75) is 19.3 Å². The molecule has 1 aliphatic carbocycles. The highest BCUT2D eigenvalue weighted by Gasteiger charge is 2.35. The zero-order valence-corrected chi connectivity index (χ0v) is 65.9. The number of para-hydroxylation sites is 5. The number of benzene rings is 16. The van der Waals surface area contributed by atoms with Crippen LogP contribution in [0.25, 0.3) is 223 Å². The maximum atomic E-state index is 6.33. The van der Waals surface area contributed by atoms with Gasteiger partial charge in [-0.15, -0.1) is 0 Å². The molecule has 0 fully saturated rings. The molecule has 10 nitrogen and oxygen atoms in total. The van der Waals surface area contributed by atoms with Gasteiger partial charge in [-0.1, -0.05) is 360 Å². The van der Waals surface area contributed by atoms with Gasteiger partial charge < -0.3 is 17.7 Å². The second-order valence-electron chi connectivity index (χ2n) is 31.1. The first-order chi connectivity index (χ1) is 59.7. The first-order valence-corrected chi connectivity index (χ1v) is 40.7. The molecule has 10 heteroatoms. The summed E-state index contributed by atoms with van der Waals surface area (Å²) in [6, 6.07) is 138. The highest BCUT2D eigenvalue weighted by molar-refractivity contribution is 6.14. The van der Waals surface area contributed by atoms with Crippen molar-refractivity contribution < 1.29 is 17.7 Å². The molecule has 0 spiro atoms. The van der Waals surface area contributed by atoms with Crippen LogP contribution in [-0.2, 0) is 5.41 Å². The van der Waals surface area contributed by atoms with Crippen molar-refractivity contribution in [3.63, 3.8) is 0 Å². The molecular formula is C111H72N6O4. The molecule has 0 unspecified atom stereocenters. The fourth-order valence-corrected chi connectivity index (χ4v) is 17.4. The minimum atomic E-state index is -0.0232. The van der Waals surface area contributed by atoms with Crippen LogP contribution in [0.1, 0.15) is 25.0 Å². The molecule has 0 saturated carbocycles. The highest BCUT2D eigenvalue weighted by atomic mass is 16.3. The molecule has 0 radical (unpaired) electrons. The van der Waals surface area contributed by atoms with Crippen molar-refractivity contribution in [1.29, 1.82) is 0 Å². The maximum Gasteiger partial charge on any atom is 0.231 e. The zero-order valence-electron chi connectivity index (χ0n) is 65.9. The van der Waals surface area contributed by atoms with Crippen LogP contribution in [0.3, 0.4) is 0 Å². The Bertz CT molecular complexity index is 7840. The van der Waals surface area contributed by atoms with Gasteiger partial charge in [0.1, 0.15) is 27.9 Å². The van der Waals surface area contributed by atoms with Crippen LogP contribution in [0.15, 0.2) is 418 Å². The third kappa shape index (κ3) is 13.0. The molecule has 0 amide bonds. The molecule has 570 valence electrons. The normalized spacial score (nSPS) is 12.1. The van der Waals surface area contributed by atoms with Gasteiger partial charge >= 0.3 is 0 Å². The summed E-state index contributed by atoms with van der Waals surface area (Å²) in [5.41, 5.74) is 31.5. The number of fused-ring (bicyclic) bond motifs is 15. The van der Waals surface area contributed by atoms with E-state index in [9.17, 15) is 0 Å². The van der Waals surface area contributed by atoms with Crippen molar-refractivity contribution in [1.82, 2.24) is 29.9 Å².